The molecule has 0 atom stereocenters. The highest BCUT2D eigenvalue weighted by Crippen LogP contribution is 2.34. The number of esters is 1. The van der Waals surface area contributed by atoms with Crippen LogP contribution in [0.2, 0.25) is 5.15 Å². The zero-order valence-electron chi connectivity index (χ0n) is 15.6. The fraction of sp³-hybridized carbons (Fsp3) is 0.286. The number of fused-ring (bicyclic) bond motifs is 1. The maximum Gasteiger partial charge on any atom is 0.305 e. The Hall–Kier alpha value is -2.86. The highest BCUT2D eigenvalue weighted by molar-refractivity contribution is 6.34. The molecule has 0 saturated heterocycles. The first-order chi connectivity index (χ1) is 13.7. The van der Waals surface area contributed by atoms with Gasteiger partial charge in [-0.1, -0.05) is 41.9 Å². The lowest BCUT2D eigenvalue weighted by atomic mass is 10.2. The van der Waals surface area contributed by atoms with E-state index in [1.165, 1.54) is 13.4 Å². The normalized spacial score (nSPS) is 10.6. The van der Waals surface area contributed by atoms with Gasteiger partial charge in [-0.25, -0.2) is 9.97 Å². The Morgan fingerprint density at radius 1 is 1.04 bits per heavy atom. The third-order valence-electron chi connectivity index (χ3n) is 4.15. The van der Waals surface area contributed by atoms with Gasteiger partial charge in [-0.05, 0) is 24.5 Å². The Bertz CT molecular complexity index is 934. The van der Waals surface area contributed by atoms with Gasteiger partial charge in [-0.3, -0.25) is 4.79 Å². The summed E-state index contributed by atoms with van der Waals surface area (Å²) in [7, 11) is 1.38. The average Bonchev–Trinajstić information content (AvgIpc) is 2.73. The lowest BCUT2D eigenvalue weighted by molar-refractivity contribution is -0.140. The summed E-state index contributed by atoms with van der Waals surface area (Å²) in [5.74, 6) is 0.929. The van der Waals surface area contributed by atoms with Gasteiger partial charge in [-0.2, -0.15) is 0 Å². The molecule has 7 heteroatoms. The highest BCUT2D eigenvalue weighted by Gasteiger charge is 2.12. The molecule has 0 amide bonds. The van der Waals surface area contributed by atoms with Crippen LogP contribution >= 0.6 is 11.6 Å². The molecule has 0 radical (unpaired) electrons. The standard InChI is InChI=1S/C21H21ClN2O4/c1-26-20(25)9-5-6-10-27-18-11-16-17(23-14-24-21(16)22)12-19(18)28-13-15-7-3-2-4-8-15/h2-4,7-8,11-12,14H,5-6,9-10,13H2,1H3. The largest absolute Gasteiger partial charge is 0.490 e. The van der Waals surface area contributed by atoms with Gasteiger partial charge < -0.3 is 14.2 Å². The van der Waals surface area contributed by atoms with E-state index in [9.17, 15) is 4.79 Å². The molecule has 28 heavy (non-hydrogen) atoms. The summed E-state index contributed by atoms with van der Waals surface area (Å²) in [4.78, 5) is 19.5. The van der Waals surface area contributed by atoms with Gasteiger partial charge >= 0.3 is 5.97 Å². The lowest BCUT2D eigenvalue weighted by Gasteiger charge is -2.14. The minimum absolute atomic E-state index is 0.221. The average molecular weight is 401 g/mol. The lowest BCUT2D eigenvalue weighted by Crippen LogP contribution is -2.04. The van der Waals surface area contributed by atoms with Crippen LogP contribution < -0.4 is 9.47 Å². The van der Waals surface area contributed by atoms with Gasteiger partial charge in [0.15, 0.2) is 11.5 Å². The Kier molecular flexibility index (Phi) is 7.03. The zero-order valence-corrected chi connectivity index (χ0v) is 16.3. The maximum absolute atomic E-state index is 11.2. The van der Waals surface area contributed by atoms with E-state index >= 15 is 0 Å². The monoisotopic (exact) mass is 400 g/mol. The van der Waals surface area contributed by atoms with Crippen LogP contribution in [0.5, 0.6) is 11.5 Å². The van der Waals surface area contributed by atoms with E-state index in [-0.39, 0.29) is 5.97 Å². The fourth-order valence-corrected chi connectivity index (χ4v) is 2.84. The Morgan fingerprint density at radius 3 is 2.61 bits per heavy atom. The molecule has 3 aromatic rings. The molecule has 0 bridgehead atoms. The van der Waals surface area contributed by atoms with Crippen molar-refractivity contribution < 1.29 is 19.0 Å². The van der Waals surface area contributed by atoms with E-state index in [0.717, 1.165) is 5.56 Å². The maximum atomic E-state index is 11.2. The molecule has 0 saturated carbocycles. The van der Waals surface area contributed by atoms with E-state index in [0.29, 0.717) is 60.0 Å². The first-order valence-corrected chi connectivity index (χ1v) is 9.36. The van der Waals surface area contributed by atoms with Crippen molar-refractivity contribution in [1.29, 1.82) is 0 Å². The second-order valence-electron chi connectivity index (χ2n) is 6.14. The fourth-order valence-electron chi connectivity index (χ4n) is 2.65. The molecule has 0 aliphatic heterocycles. The number of hydrogen-bond donors (Lipinski definition) is 0. The number of carbonyl (C=O) groups excluding carboxylic acids is 1. The summed E-state index contributed by atoms with van der Waals surface area (Å²) in [6.45, 7) is 0.847. The summed E-state index contributed by atoms with van der Waals surface area (Å²) in [5, 5.41) is 1.05. The van der Waals surface area contributed by atoms with Crippen molar-refractivity contribution in [2.24, 2.45) is 0 Å². The third-order valence-corrected chi connectivity index (χ3v) is 4.45. The molecular formula is C21H21ClN2O4. The van der Waals surface area contributed by atoms with Gasteiger partial charge in [0.25, 0.3) is 0 Å². The van der Waals surface area contributed by atoms with Crippen molar-refractivity contribution in [3.8, 4) is 11.5 Å². The van der Waals surface area contributed by atoms with E-state index in [1.807, 2.05) is 30.3 Å². The van der Waals surface area contributed by atoms with Crippen LogP contribution in [0.3, 0.4) is 0 Å². The molecule has 0 unspecified atom stereocenters. The van der Waals surface area contributed by atoms with Crippen LogP contribution in [-0.2, 0) is 16.1 Å². The number of methoxy groups -OCH3 is 1. The number of halogens is 1. The van der Waals surface area contributed by atoms with Crippen LogP contribution in [0.1, 0.15) is 24.8 Å². The first-order valence-electron chi connectivity index (χ1n) is 8.98. The number of hydrogen-bond acceptors (Lipinski definition) is 6. The van der Waals surface area contributed by atoms with Gasteiger partial charge in [0.05, 0.1) is 19.2 Å². The molecule has 1 heterocycles. The molecule has 146 valence electrons. The molecule has 0 fully saturated rings. The van der Waals surface area contributed by atoms with Crippen molar-refractivity contribution in [1.82, 2.24) is 9.97 Å². The zero-order chi connectivity index (χ0) is 19.8. The van der Waals surface area contributed by atoms with Crippen molar-refractivity contribution in [2.45, 2.75) is 25.9 Å². The number of ether oxygens (including phenoxy) is 3. The van der Waals surface area contributed by atoms with Crippen molar-refractivity contribution in [2.75, 3.05) is 13.7 Å². The minimum atomic E-state index is -0.221. The molecule has 6 nitrogen and oxygen atoms in total. The predicted octanol–water partition coefficient (Wildman–Crippen LogP) is 4.58. The summed E-state index contributed by atoms with van der Waals surface area (Å²) in [6, 6.07) is 13.5. The molecular weight excluding hydrogens is 380 g/mol. The summed E-state index contributed by atoms with van der Waals surface area (Å²) in [5.41, 5.74) is 1.73. The van der Waals surface area contributed by atoms with Crippen LogP contribution in [0.4, 0.5) is 0 Å². The highest BCUT2D eigenvalue weighted by atomic mass is 35.5. The van der Waals surface area contributed by atoms with Gasteiger partial charge in [-0.15, -0.1) is 0 Å². The smallest absolute Gasteiger partial charge is 0.305 e. The topological polar surface area (TPSA) is 70.5 Å². The summed E-state index contributed by atoms with van der Waals surface area (Å²) >= 11 is 6.19. The van der Waals surface area contributed by atoms with Crippen LogP contribution in [-0.4, -0.2) is 29.7 Å². The van der Waals surface area contributed by atoms with E-state index in [1.54, 1.807) is 12.1 Å². The second kappa shape index (κ2) is 9.90. The Morgan fingerprint density at radius 2 is 1.82 bits per heavy atom. The van der Waals surface area contributed by atoms with Crippen LogP contribution in [0, 0.1) is 0 Å². The first kappa shape index (κ1) is 19.9. The second-order valence-corrected chi connectivity index (χ2v) is 6.49. The van der Waals surface area contributed by atoms with Crippen LogP contribution in [0.15, 0.2) is 48.8 Å². The van der Waals surface area contributed by atoms with Crippen molar-refractivity contribution >= 4 is 28.5 Å². The number of unbranched alkanes of at least 4 members (excludes halogenated alkanes) is 1. The molecule has 3 rings (SSSR count). The number of carbonyl (C=O) groups is 1. The number of benzene rings is 2. The molecule has 1 aromatic heterocycles. The molecule has 0 aliphatic carbocycles. The van der Waals surface area contributed by atoms with Crippen molar-refractivity contribution in [3.63, 3.8) is 0 Å². The Balaban J connectivity index is 1.73. The third kappa shape index (κ3) is 5.33. The quantitative estimate of drug-likeness (QED) is 0.297. The number of rotatable bonds is 9. The Labute approximate surface area is 168 Å². The van der Waals surface area contributed by atoms with Gasteiger partial charge in [0.2, 0.25) is 0 Å². The van der Waals surface area contributed by atoms with Gasteiger partial charge in [0.1, 0.15) is 18.1 Å². The molecule has 0 N–H and O–H groups in total. The summed E-state index contributed by atoms with van der Waals surface area (Å²) in [6.07, 6.45) is 3.18. The molecule has 2 aromatic carbocycles. The number of nitrogens with zero attached hydrogens (tertiary/aromatic N) is 2. The summed E-state index contributed by atoms with van der Waals surface area (Å²) < 4.78 is 16.5. The van der Waals surface area contributed by atoms with Crippen LogP contribution in [0.25, 0.3) is 10.9 Å². The minimum Gasteiger partial charge on any atom is -0.490 e. The van der Waals surface area contributed by atoms with Gasteiger partial charge in [0, 0.05) is 17.9 Å². The van der Waals surface area contributed by atoms with E-state index < -0.39 is 0 Å². The van der Waals surface area contributed by atoms with E-state index in [2.05, 4.69) is 14.7 Å². The van der Waals surface area contributed by atoms with Crippen molar-refractivity contribution in [3.05, 3.63) is 59.5 Å². The molecule has 0 spiro atoms. The molecule has 0 aliphatic rings. The predicted molar refractivity (Wildman–Crippen MR) is 107 cm³/mol. The number of aromatic nitrogens is 2. The SMILES string of the molecule is COC(=O)CCCCOc1cc2c(Cl)ncnc2cc1OCc1ccccc1. The van der Waals surface area contributed by atoms with E-state index in [4.69, 9.17) is 21.1 Å².